The summed E-state index contributed by atoms with van der Waals surface area (Å²) in [6.07, 6.45) is 0. The lowest BCUT2D eigenvalue weighted by molar-refractivity contribution is 0.00672. The monoisotopic (exact) mass is 350 g/mol. The molecule has 0 saturated carbocycles. The molecule has 1 atom stereocenters. The lowest BCUT2D eigenvalue weighted by atomic mass is 10.0. The first-order valence-electron chi connectivity index (χ1n) is 8.84. The van der Waals surface area contributed by atoms with Crippen LogP contribution in [0.15, 0.2) is 29.2 Å². The third-order valence-corrected chi connectivity index (χ3v) is 5.33. The van der Waals surface area contributed by atoms with Crippen molar-refractivity contribution in [2.45, 2.75) is 43.9 Å². The molecule has 1 aromatic carbocycles. The molecule has 0 aliphatic carbocycles. The predicted molar refractivity (Wildman–Crippen MR) is 101 cm³/mol. The summed E-state index contributed by atoms with van der Waals surface area (Å²) in [5.74, 6) is 0.515. The molecule has 1 unspecified atom stereocenters. The molecule has 0 bridgehead atoms. The van der Waals surface area contributed by atoms with E-state index in [2.05, 4.69) is 37.9 Å². The number of carbonyl (C=O) groups is 1. The quantitative estimate of drug-likeness (QED) is 0.766. The van der Waals surface area contributed by atoms with Gasteiger partial charge in [-0.1, -0.05) is 39.8 Å². The van der Waals surface area contributed by atoms with Gasteiger partial charge in [-0.2, -0.15) is 0 Å². The van der Waals surface area contributed by atoms with Crippen molar-refractivity contribution >= 4 is 17.7 Å². The van der Waals surface area contributed by atoms with Gasteiger partial charge in [-0.25, -0.2) is 0 Å². The summed E-state index contributed by atoms with van der Waals surface area (Å²) in [6, 6.07) is 8.22. The van der Waals surface area contributed by atoms with Crippen LogP contribution in [0.3, 0.4) is 0 Å². The van der Waals surface area contributed by atoms with Gasteiger partial charge in [0.2, 0.25) is 0 Å². The van der Waals surface area contributed by atoms with Gasteiger partial charge >= 0.3 is 0 Å². The highest BCUT2D eigenvalue weighted by Gasteiger charge is 2.24. The minimum atomic E-state index is 0.0256. The first kappa shape index (κ1) is 19.3. The van der Waals surface area contributed by atoms with Crippen molar-refractivity contribution < 1.29 is 9.53 Å². The molecule has 1 aliphatic rings. The molecular formula is C19H30N2O2S. The van der Waals surface area contributed by atoms with Gasteiger partial charge in [0.25, 0.3) is 5.91 Å². The SMILES string of the molecule is CC(C)Sc1ccccc1C(=O)NCC(C(C)C)N1CCOCC1. The van der Waals surface area contributed by atoms with Crippen LogP contribution in [0.2, 0.25) is 0 Å². The second-order valence-electron chi connectivity index (χ2n) is 6.83. The average molecular weight is 351 g/mol. The van der Waals surface area contributed by atoms with E-state index in [0.717, 1.165) is 36.8 Å². The van der Waals surface area contributed by atoms with E-state index in [1.807, 2.05) is 24.3 Å². The van der Waals surface area contributed by atoms with Crippen LogP contribution >= 0.6 is 11.8 Å². The van der Waals surface area contributed by atoms with Gasteiger partial charge in [-0.3, -0.25) is 9.69 Å². The number of nitrogens with one attached hydrogen (secondary N) is 1. The average Bonchev–Trinajstić information content (AvgIpc) is 2.55. The molecule has 4 nitrogen and oxygen atoms in total. The largest absolute Gasteiger partial charge is 0.379 e. The smallest absolute Gasteiger partial charge is 0.252 e. The lowest BCUT2D eigenvalue weighted by Gasteiger charge is -2.37. The minimum Gasteiger partial charge on any atom is -0.379 e. The fourth-order valence-electron chi connectivity index (χ4n) is 3.00. The third-order valence-electron chi connectivity index (χ3n) is 4.25. The van der Waals surface area contributed by atoms with Gasteiger partial charge in [0.1, 0.15) is 0 Å². The number of amides is 1. The molecule has 2 rings (SSSR count). The number of rotatable bonds is 7. The van der Waals surface area contributed by atoms with Crippen LogP contribution in [0.4, 0.5) is 0 Å². The molecule has 5 heteroatoms. The number of benzene rings is 1. The fraction of sp³-hybridized carbons (Fsp3) is 0.632. The zero-order chi connectivity index (χ0) is 17.5. The van der Waals surface area contributed by atoms with Crippen molar-refractivity contribution in [3.05, 3.63) is 29.8 Å². The van der Waals surface area contributed by atoms with Crippen LogP contribution in [0, 0.1) is 5.92 Å². The molecule has 24 heavy (non-hydrogen) atoms. The van der Waals surface area contributed by atoms with Gasteiger partial charge in [0.15, 0.2) is 0 Å². The normalized spacial score (nSPS) is 17.2. The maximum Gasteiger partial charge on any atom is 0.252 e. The highest BCUT2D eigenvalue weighted by atomic mass is 32.2. The lowest BCUT2D eigenvalue weighted by Crippen LogP contribution is -2.51. The fourth-order valence-corrected chi connectivity index (χ4v) is 3.95. The van der Waals surface area contributed by atoms with E-state index >= 15 is 0 Å². The molecule has 1 N–H and O–H groups in total. The van der Waals surface area contributed by atoms with Gasteiger partial charge in [0.05, 0.1) is 18.8 Å². The van der Waals surface area contributed by atoms with E-state index in [-0.39, 0.29) is 5.91 Å². The van der Waals surface area contributed by atoms with E-state index in [1.54, 1.807) is 11.8 Å². The zero-order valence-corrected chi connectivity index (χ0v) is 16.1. The number of hydrogen-bond acceptors (Lipinski definition) is 4. The maximum absolute atomic E-state index is 12.7. The molecule has 1 aliphatic heterocycles. The third kappa shape index (κ3) is 5.50. The summed E-state index contributed by atoms with van der Waals surface area (Å²) in [7, 11) is 0. The zero-order valence-electron chi connectivity index (χ0n) is 15.2. The van der Waals surface area contributed by atoms with Crippen molar-refractivity contribution in [1.82, 2.24) is 10.2 Å². The summed E-state index contributed by atoms with van der Waals surface area (Å²) >= 11 is 1.73. The Labute approximate surface area is 150 Å². The highest BCUT2D eigenvalue weighted by molar-refractivity contribution is 8.00. The summed E-state index contributed by atoms with van der Waals surface area (Å²) in [4.78, 5) is 16.2. The Morgan fingerprint density at radius 1 is 1.21 bits per heavy atom. The van der Waals surface area contributed by atoms with Crippen LogP contribution < -0.4 is 5.32 Å². The Hall–Kier alpha value is -1.04. The molecule has 0 aromatic heterocycles. The standard InChI is InChI=1S/C19H30N2O2S/c1-14(2)17(21-9-11-23-12-10-21)13-20-19(22)16-7-5-6-8-18(16)24-15(3)4/h5-8,14-15,17H,9-13H2,1-4H3,(H,20,22). The summed E-state index contributed by atoms with van der Waals surface area (Å²) in [5.41, 5.74) is 0.778. The van der Waals surface area contributed by atoms with Crippen LogP contribution in [0.1, 0.15) is 38.1 Å². The second kappa shape index (κ2) is 9.44. The van der Waals surface area contributed by atoms with Crippen molar-refractivity contribution in [1.29, 1.82) is 0 Å². The first-order valence-corrected chi connectivity index (χ1v) is 9.72. The van der Waals surface area contributed by atoms with E-state index in [9.17, 15) is 4.79 Å². The van der Waals surface area contributed by atoms with Gasteiger partial charge in [-0.05, 0) is 18.1 Å². The van der Waals surface area contributed by atoms with Crippen molar-refractivity contribution in [2.75, 3.05) is 32.8 Å². The van der Waals surface area contributed by atoms with Crippen LogP contribution in [-0.2, 0) is 4.74 Å². The number of ether oxygens (including phenoxy) is 1. The molecule has 1 amide bonds. The van der Waals surface area contributed by atoms with E-state index in [4.69, 9.17) is 4.74 Å². The van der Waals surface area contributed by atoms with Crippen LogP contribution in [0.25, 0.3) is 0 Å². The highest BCUT2D eigenvalue weighted by Crippen LogP contribution is 2.26. The van der Waals surface area contributed by atoms with E-state index in [1.165, 1.54) is 0 Å². The number of morpholine rings is 1. The Balaban J connectivity index is 2.00. The van der Waals surface area contributed by atoms with Crippen molar-refractivity contribution in [2.24, 2.45) is 5.92 Å². The molecular weight excluding hydrogens is 320 g/mol. The molecule has 1 heterocycles. The number of thioether (sulfide) groups is 1. The Kier molecular flexibility index (Phi) is 7.59. The molecule has 0 radical (unpaired) electrons. The Bertz CT molecular complexity index is 528. The maximum atomic E-state index is 12.7. The molecule has 0 spiro atoms. The van der Waals surface area contributed by atoms with Crippen molar-refractivity contribution in [3.63, 3.8) is 0 Å². The first-order chi connectivity index (χ1) is 11.5. The van der Waals surface area contributed by atoms with Gasteiger partial charge < -0.3 is 10.1 Å². The molecule has 1 saturated heterocycles. The molecule has 1 fully saturated rings. The predicted octanol–water partition coefficient (Wildman–Crippen LogP) is 3.27. The van der Waals surface area contributed by atoms with E-state index < -0.39 is 0 Å². The molecule has 1 aromatic rings. The second-order valence-corrected chi connectivity index (χ2v) is 8.45. The Morgan fingerprint density at radius 3 is 2.50 bits per heavy atom. The van der Waals surface area contributed by atoms with Crippen LogP contribution in [-0.4, -0.2) is 54.9 Å². The van der Waals surface area contributed by atoms with Crippen LogP contribution in [0.5, 0.6) is 0 Å². The van der Waals surface area contributed by atoms with E-state index in [0.29, 0.717) is 23.8 Å². The minimum absolute atomic E-state index is 0.0256. The topological polar surface area (TPSA) is 41.6 Å². The summed E-state index contributed by atoms with van der Waals surface area (Å²) in [5, 5.41) is 3.61. The molecule has 134 valence electrons. The van der Waals surface area contributed by atoms with Gasteiger partial charge in [-0.15, -0.1) is 11.8 Å². The Morgan fingerprint density at radius 2 is 1.88 bits per heavy atom. The number of carbonyl (C=O) groups excluding carboxylic acids is 1. The number of hydrogen-bond donors (Lipinski definition) is 1. The number of nitrogens with zero attached hydrogens (tertiary/aromatic N) is 1. The van der Waals surface area contributed by atoms with Gasteiger partial charge in [0, 0.05) is 35.8 Å². The summed E-state index contributed by atoms with van der Waals surface area (Å²) < 4.78 is 5.45. The van der Waals surface area contributed by atoms with Crippen molar-refractivity contribution in [3.8, 4) is 0 Å². The summed E-state index contributed by atoms with van der Waals surface area (Å²) in [6.45, 7) is 12.9.